The van der Waals surface area contributed by atoms with E-state index in [0.717, 1.165) is 43.4 Å². The van der Waals surface area contributed by atoms with Crippen LogP contribution in [-0.2, 0) is 14.3 Å². The second-order valence-electron chi connectivity index (χ2n) is 12.3. The number of rotatable bonds is 5. The second kappa shape index (κ2) is 8.34. The highest BCUT2D eigenvalue weighted by molar-refractivity contribution is 5.81. The van der Waals surface area contributed by atoms with Crippen molar-refractivity contribution in [2.24, 2.45) is 46.3 Å². The van der Waals surface area contributed by atoms with Crippen LogP contribution in [0.25, 0.3) is 0 Å². The molecule has 0 aromatic heterocycles. The largest absolute Gasteiger partial charge is 0.462 e. The van der Waals surface area contributed by atoms with Crippen LogP contribution in [0.2, 0.25) is 0 Å². The zero-order valence-electron chi connectivity index (χ0n) is 20.7. The Bertz CT molecular complexity index is 751. The molecule has 0 radical (unpaired) electrons. The SMILES string of the molecule is CC(=O)OC1CCC2(C)C(=CCC3C2CCC2(C)C(C(C)C(=O)CC(C)C)CCC32)C1. The Balaban J connectivity index is 1.52. The molecule has 0 spiro atoms. The first-order valence-corrected chi connectivity index (χ1v) is 13.0. The molecule has 8 atom stereocenters. The van der Waals surface area contributed by atoms with E-state index in [1.807, 2.05) is 0 Å². The van der Waals surface area contributed by atoms with Crippen LogP contribution in [0, 0.1) is 46.3 Å². The van der Waals surface area contributed by atoms with E-state index in [1.54, 1.807) is 5.57 Å². The lowest BCUT2D eigenvalue weighted by atomic mass is 9.47. The van der Waals surface area contributed by atoms with Crippen LogP contribution in [0.5, 0.6) is 0 Å². The number of fused-ring (bicyclic) bond motifs is 5. The fourth-order valence-corrected chi connectivity index (χ4v) is 8.64. The van der Waals surface area contributed by atoms with Crippen molar-refractivity contribution in [2.45, 2.75) is 105 Å². The lowest BCUT2D eigenvalue weighted by molar-refractivity contribution is -0.148. The maximum absolute atomic E-state index is 12.9. The average Bonchev–Trinajstić information content (AvgIpc) is 3.04. The van der Waals surface area contributed by atoms with Gasteiger partial charge >= 0.3 is 5.97 Å². The first-order valence-electron chi connectivity index (χ1n) is 13.0. The molecule has 8 unspecified atom stereocenters. The van der Waals surface area contributed by atoms with Crippen LogP contribution >= 0.6 is 0 Å². The molecule has 0 aliphatic heterocycles. The highest BCUT2D eigenvalue weighted by Crippen LogP contribution is 2.67. The Kier molecular flexibility index (Phi) is 6.20. The molecule has 3 fully saturated rings. The molecule has 4 rings (SSSR count). The predicted molar refractivity (Wildman–Crippen MR) is 124 cm³/mol. The minimum atomic E-state index is -0.144. The lowest BCUT2D eigenvalue weighted by Gasteiger charge is -2.58. The zero-order chi connectivity index (χ0) is 22.6. The van der Waals surface area contributed by atoms with Gasteiger partial charge in [0.25, 0.3) is 0 Å². The van der Waals surface area contributed by atoms with Crippen molar-refractivity contribution < 1.29 is 14.3 Å². The molecule has 0 heterocycles. The summed E-state index contributed by atoms with van der Waals surface area (Å²) in [4.78, 5) is 24.4. The normalized spacial score (nSPS) is 42.8. The van der Waals surface area contributed by atoms with E-state index >= 15 is 0 Å². The van der Waals surface area contributed by atoms with Gasteiger partial charge in [-0.1, -0.05) is 46.3 Å². The summed E-state index contributed by atoms with van der Waals surface area (Å²) in [5, 5.41) is 0. The van der Waals surface area contributed by atoms with E-state index < -0.39 is 0 Å². The van der Waals surface area contributed by atoms with Gasteiger partial charge in [-0.3, -0.25) is 9.59 Å². The average molecular weight is 429 g/mol. The Labute approximate surface area is 189 Å². The van der Waals surface area contributed by atoms with Crippen LogP contribution in [0.1, 0.15) is 99.3 Å². The third-order valence-electron chi connectivity index (χ3n) is 10.2. The molecular formula is C28H44O3. The summed E-state index contributed by atoms with van der Waals surface area (Å²) < 4.78 is 5.59. The first kappa shape index (κ1) is 23.1. The molecule has 3 nitrogen and oxygen atoms in total. The third-order valence-corrected chi connectivity index (χ3v) is 10.2. The summed E-state index contributed by atoms with van der Waals surface area (Å²) in [6, 6.07) is 0. The van der Waals surface area contributed by atoms with Gasteiger partial charge in [-0.15, -0.1) is 0 Å². The standard InChI is InChI=1S/C28H44O3/c1-17(2)15-26(30)18(3)23-9-10-24-22-8-7-20-16-21(31-19(4)29)11-13-27(20,5)25(22)12-14-28(23,24)6/h7,17-18,21-25H,8-16H2,1-6H3. The molecule has 4 aliphatic carbocycles. The van der Waals surface area contributed by atoms with Crippen molar-refractivity contribution in [3.8, 4) is 0 Å². The molecule has 31 heavy (non-hydrogen) atoms. The number of carbonyl (C=O) groups excluding carboxylic acids is 2. The van der Waals surface area contributed by atoms with E-state index in [2.05, 4.69) is 40.7 Å². The second-order valence-corrected chi connectivity index (χ2v) is 12.3. The Morgan fingerprint density at radius 1 is 1.06 bits per heavy atom. The maximum atomic E-state index is 12.9. The number of ketones is 1. The summed E-state index contributed by atoms with van der Waals surface area (Å²) in [5.74, 6) is 3.84. The van der Waals surface area contributed by atoms with Gasteiger partial charge in [0.2, 0.25) is 0 Å². The van der Waals surface area contributed by atoms with Crippen molar-refractivity contribution in [3.63, 3.8) is 0 Å². The van der Waals surface area contributed by atoms with Gasteiger partial charge in [0, 0.05) is 25.7 Å². The van der Waals surface area contributed by atoms with Gasteiger partial charge in [0.1, 0.15) is 11.9 Å². The number of esters is 1. The van der Waals surface area contributed by atoms with Crippen LogP contribution < -0.4 is 0 Å². The molecule has 0 saturated heterocycles. The van der Waals surface area contributed by atoms with Gasteiger partial charge in [0.15, 0.2) is 0 Å². The quantitative estimate of drug-likeness (QED) is 0.359. The number of carbonyl (C=O) groups is 2. The summed E-state index contributed by atoms with van der Waals surface area (Å²) in [5.41, 5.74) is 2.16. The van der Waals surface area contributed by atoms with Gasteiger partial charge in [0.05, 0.1) is 0 Å². The van der Waals surface area contributed by atoms with Crippen LogP contribution in [-0.4, -0.2) is 17.9 Å². The number of allylic oxidation sites excluding steroid dienone is 1. The molecule has 174 valence electrons. The molecule has 0 aromatic carbocycles. The van der Waals surface area contributed by atoms with E-state index in [1.165, 1.54) is 39.0 Å². The summed E-state index contributed by atoms with van der Waals surface area (Å²) in [6.07, 6.45) is 12.7. The van der Waals surface area contributed by atoms with Crippen molar-refractivity contribution in [3.05, 3.63) is 11.6 Å². The number of ether oxygens (including phenoxy) is 1. The summed E-state index contributed by atoms with van der Waals surface area (Å²) in [7, 11) is 0. The minimum Gasteiger partial charge on any atom is -0.462 e. The molecule has 0 aromatic rings. The Morgan fingerprint density at radius 3 is 2.48 bits per heavy atom. The number of hydrogen-bond donors (Lipinski definition) is 0. The molecule has 3 heteroatoms. The molecule has 0 bridgehead atoms. The van der Waals surface area contributed by atoms with E-state index in [-0.39, 0.29) is 23.4 Å². The monoisotopic (exact) mass is 428 g/mol. The molecule has 0 N–H and O–H groups in total. The third kappa shape index (κ3) is 3.93. The van der Waals surface area contributed by atoms with E-state index in [0.29, 0.717) is 23.0 Å². The van der Waals surface area contributed by atoms with Crippen molar-refractivity contribution in [1.29, 1.82) is 0 Å². The first-order chi connectivity index (χ1) is 14.6. The molecule has 0 amide bonds. The van der Waals surface area contributed by atoms with Crippen LogP contribution in [0.15, 0.2) is 11.6 Å². The van der Waals surface area contributed by atoms with Gasteiger partial charge in [-0.2, -0.15) is 0 Å². The summed E-state index contributed by atoms with van der Waals surface area (Å²) >= 11 is 0. The number of Topliss-reactive ketones (excluding diaryl/α,β-unsaturated/α-hetero) is 1. The fraction of sp³-hybridized carbons (Fsp3) is 0.857. The summed E-state index contributed by atoms with van der Waals surface area (Å²) in [6.45, 7) is 13.1. The number of hydrogen-bond acceptors (Lipinski definition) is 3. The molecule has 4 aliphatic rings. The molecule has 3 saturated carbocycles. The van der Waals surface area contributed by atoms with Crippen molar-refractivity contribution in [2.75, 3.05) is 0 Å². The maximum Gasteiger partial charge on any atom is 0.302 e. The van der Waals surface area contributed by atoms with Gasteiger partial charge in [-0.25, -0.2) is 0 Å². The highest BCUT2D eigenvalue weighted by Gasteiger charge is 2.59. The minimum absolute atomic E-state index is 0.0749. The predicted octanol–water partition coefficient (Wildman–Crippen LogP) is 6.75. The zero-order valence-corrected chi connectivity index (χ0v) is 20.7. The van der Waals surface area contributed by atoms with E-state index in [4.69, 9.17) is 4.74 Å². The van der Waals surface area contributed by atoms with E-state index in [9.17, 15) is 9.59 Å². The van der Waals surface area contributed by atoms with Crippen molar-refractivity contribution in [1.82, 2.24) is 0 Å². The van der Waals surface area contributed by atoms with Crippen LogP contribution in [0.3, 0.4) is 0 Å². The smallest absolute Gasteiger partial charge is 0.302 e. The van der Waals surface area contributed by atoms with Gasteiger partial charge < -0.3 is 4.74 Å². The van der Waals surface area contributed by atoms with Crippen LogP contribution in [0.4, 0.5) is 0 Å². The van der Waals surface area contributed by atoms with Gasteiger partial charge in [-0.05, 0) is 85.4 Å². The fourth-order valence-electron chi connectivity index (χ4n) is 8.64. The Hall–Kier alpha value is -1.12. The topological polar surface area (TPSA) is 43.4 Å². The van der Waals surface area contributed by atoms with Crippen molar-refractivity contribution >= 4 is 11.8 Å². The lowest BCUT2D eigenvalue weighted by Crippen LogP contribution is -2.51. The molecular weight excluding hydrogens is 384 g/mol. The Morgan fingerprint density at radius 2 is 1.81 bits per heavy atom. The highest BCUT2D eigenvalue weighted by atomic mass is 16.5.